The van der Waals surface area contributed by atoms with Crippen LogP contribution in [-0.4, -0.2) is 85.4 Å². The molecule has 2 amide bonds. The minimum atomic E-state index is -0.567. The number of rotatable bonds is 8. The molecule has 262 valence electrons. The lowest BCUT2D eigenvalue weighted by molar-refractivity contribution is 0.0218. The average molecular weight is 696 g/mol. The number of carbonyl (C=O) groups excluding carboxylic acids is 2. The van der Waals surface area contributed by atoms with Crippen molar-refractivity contribution in [3.63, 3.8) is 0 Å². The minimum Gasteiger partial charge on any atom is -0.490 e. The summed E-state index contributed by atoms with van der Waals surface area (Å²) in [5.41, 5.74) is 1.36. The first kappa shape index (κ1) is 34.6. The van der Waals surface area contributed by atoms with Crippen molar-refractivity contribution in [2.45, 2.75) is 103 Å². The van der Waals surface area contributed by atoms with Gasteiger partial charge in [0.2, 0.25) is 0 Å². The number of fused-ring (bicyclic) bond motifs is 1. The molecule has 2 aliphatic heterocycles. The summed E-state index contributed by atoms with van der Waals surface area (Å²) in [7, 11) is 0. The van der Waals surface area contributed by atoms with Crippen LogP contribution in [0.25, 0.3) is 0 Å². The molecular weight excluding hydrogens is 653 g/mol. The molecule has 1 saturated heterocycles. The third kappa shape index (κ3) is 7.98. The van der Waals surface area contributed by atoms with Crippen LogP contribution in [0, 0.1) is 5.82 Å². The Kier molecular flexibility index (Phi) is 10.1. The lowest BCUT2D eigenvalue weighted by Gasteiger charge is -2.40. The monoisotopic (exact) mass is 695 g/mol. The molecule has 1 aromatic carbocycles. The van der Waals surface area contributed by atoms with Crippen molar-refractivity contribution in [2.24, 2.45) is 0 Å². The second-order valence-electron chi connectivity index (χ2n) is 14.0. The van der Waals surface area contributed by atoms with Crippen molar-refractivity contribution in [1.29, 1.82) is 0 Å². The fourth-order valence-electron chi connectivity index (χ4n) is 6.40. The molecule has 0 atom stereocenters. The predicted octanol–water partition coefficient (Wildman–Crippen LogP) is 6.60. The number of amides is 2. The molecule has 0 bridgehead atoms. The third-order valence-corrected chi connectivity index (χ3v) is 9.25. The Hall–Kier alpha value is -4.26. The Morgan fingerprint density at radius 1 is 1.04 bits per heavy atom. The first-order valence-electron chi connectivity index (χ1n) is 16.9. The highest BCUT2D eigenvalue weighted by molar-refractivity contribution is 6.31. The van der Waals surface area contributed by atoms with Gasteiger partial charge >= 0.3 is 12.1 Å². The molecule has 0 N–H and O–H groups in total. The molecule has 1 saturated carbocycles. The van der Waals surface area contributed by atoms with Gasteiger partial charge in [0, 0.05) is 56.3 Å². The zero-order chi connectivity index (χ0) is 34.9. The van der Waals surface area contributed by atoms with Gasteiger partial charge in [-0.15, -0.1) is 5.10 Å². The van der Waals surface area contributed by atoms with E-state index < -0.39 is 11.4 Å². The van der Waals surface area contributed by atoms with Gasteiger partial charge in [-0.1, -0.05) is 16.7 Å². The van der Waals surface area contributed by atoms with Gasteiger partial charge in [0.15, 0.2) is 11.0 Å². The fraction of sp³-hybridized carbons (Fsp3) is 0.543. The quantitative estimate of drug-likeness (QED) is 0.255. The number of benzene rings is 1. The summed E-state index contributed by atoms with van der Waals surface area (Å²) in [4.78, 5) is 40.8. The zero-order valence-electron chi connectivity index (χ0n) is 28.6. The highest BCUT2D eigenvalue weighted by Crippen LogP contribution is 2.34. The van der Waals surface area contributed by atoms with E-state index in [1.165, 1.54) is 18.2 Å². The molecule has 0 spiro atoms. The first-order chi connectivity index (χ1) is 23.4. The number of carbonyl (C=O) groups is 2. The van der Waals surface area contributed by atoms with Gasteiger partial charge in [0.25, 0.3) is 5.91 Å². The van der Waals surface area contributed by atoms with E-state index in [1.807, 2.05) is 45.6 Å². The Bertz CT molecular complexity index is 1690. The van der Waals surface area contributed by atoms with Gasteiger partial charge in [-0.25, -0.2) is 9.18 Å². The summed E-state index contributed by atoms with van der Waals surface area (Å²) < 4.78 is 32.4. The normalized spacial score (nSPS) is 17.0. The summed E-state index contributed by atoms with van der Waals surface area (Å²) in [5.74, 6) is 0.497. The van der Waals surface area contributed by atoms with Gasteiger partial charge in [-0.05, 0) is 84.6 Å². The zero-order valence-corrected chi connectivity index (χ0v) is 29.4. The number of nitrogens with zero attached hydrogens (tertiary/aromatic N) is 7. The second-order valence-corrected chi connectivity index (χ2v) is 14.4. The third-order valence-electron chi connectivity index (χ3n) is 9.00. The fourth-order valence-corrected chi connectivity index (χ4v) is 6.60. The molecule has 2 fully saturated rings. The van der Waals surface area contributed by atoms with Crippen molar-refractivity contribution < 1.29 is 28.2 Å². The van der Waals surface area contributed by atoms with Crippen LogP contribution >= 0.6 is 11.6 Å². The maximum Gasteiger partial charge on any atom is 0.410 e. The standard InChI is InChI=1S/C35H43ClFN7O5/c1-21(2)44(23-7-6-8-23)32(45)26-19-22(37)9-10-28(26)48-33-39-31(30(36)40-41-33)42-16-12-24(13-17-42)47-29-11-15-38-27-20-43(18-14-25(27)29)34(46)49-35(3,4)5/h9-11,15,19,21,23-24H,6-8,12-14,16-18,20H2,1-5H3. The van der Waals surface area contributed by atoms with E-state index in [9.17, 15) is 14.0 Å². The van der Waals surface area contributed by atoms with Crippen molar-refractivity contribution in [3.05, 3.63) is 58.3 Å². The highest BCUT2D eigenvalue weighted by Gasteiger charge is 2.34. The highest BCUT2D eigenvalue weighted by atomic mass is 35.5. The molecule has 6 rings (SSSR count). The Morgan fingerprint density at radius 3 is 2.47 bits per heavy atom. The van der Waals surface area contributed by atoms with E-state index in [0.29, 0.717) is 51.3 Å². The maximum atomic E-state index is 14.4. The van der Waals surface area contributed by atoms with E-state index >= 15 is 0 Å². The smallest absolute Gasteiger partial charge is 0.410 e. The number of anilines is 1. The number of halogens is 2. The van der Waals surface area contributed by atoms with Crippen molar-refractivity contribution in [2.75, 3.05) is 24.5 Å². The number of ether oxygens (including phenoxy) is 3. The number of aromatic nitrogens is 4. The molecular formula is C35H43ClFN7O5. The van der Waals surface area contributed by atoms with Crippen LogP contribution in [0.1, 0.15) is 88.3 Å². The van der Waals surface area contributed by atoms with Crippen LogP contribution < -0.4 is 14.4 Å². The van der Waals surface area contributed by atoms with E-state index in [-0.39, 0.29) is 52.7 Å². The molecule has 1 aliphatic carbocycles. The number of hydrogen-bond acceptors (Lipinski definition) is 10. The SMILES string of the molecule is CC(C)N(C(=O)c1cc(F)ccc1Oc1nnc(Cl)c(N2CCC(Oc3ccnc4c3CCN(C(=O)OC(C)(C)C)C4)CC2)n1)C1CCC1. The molecule has 2 aromatic heterocycles. The van der Waals surface area contributed by atoms with Crippen LogP contribution in [0.2, 0.25) is 5.15 Å². The van der Waals surface area contributed by atoms with Crippen molar-refractivity contribution in [3.8, 4) is 17.5 Å². The predicted molar refractivity (Wildman–Crippen MR) is 181 cm³/mol. The van der Waals surface area contributed by atoms with Crippen LogP contribution in [0.4, 0.5) is 15.0 Å². The van der Waals surface area contributed by atoms with Gasteiger partial charge in [0.1, 0.15) is 29.0 Å². The van der Waals surface area contributed by atoms with Crippen molar-refractivity contribution >= 4 is 29.4 Å². The van der Waals surface area contributed by atoms with Crippen LogP contribution in [0.15, 0.2) is 30.5 Å². The molecule has 49 heavy (non-hydrogen) atoms. The topological polar surface area (TPSA) is 123 Å². The Labute approximate surface area is 290 Å². The molecule has 0 radical (unpaired) electrons. The van der Waals surface area contributed by atoms with Gasteiger partial charge in [-0.2, -0.15) is 4.98 Å². The average Bonchev–Trinajstić information content (AvgIpc) is 3.03. The van der Waals surface area contributed by atoms with E-state index in [4.69, 9.17) is 25.8 Å². The summed E-state index contributed by atoms with van der Waals surface area (Å²) in [6, 6.07) is 5.69. The Morgan fingerprint density at radius 2 is 1.80 bits per heavy atom. The van der Waals surface area contributed by atoms with Crippen LogP contribution in [-0.2, 0) is 17.7 Å². The lowest BCUT2D eigenvalue weighted by Crippen LogP contribution is -2.48. The summed E-state index contributed by atoms with van der Waals surface area (Å²) in [6.45, 7) is 11.5. The first-order valence-corrected chi connectivity index (χ1v) is 17.3. The molecule has 12 nitrogen and oxygen atoms in total. The number of pyridine rings is 1. The largest absolute Gasteiger partial charge is 0.490 e. The number of hydrogen-bond donors (Lipinski definition) is 0. The van der Waals surface area contributed by atoms with E-state index in [1.54, 1.807) is 16.0 Å². The summed E-state index contributed by atoms with van der Waals surface area (Å²) in [6.07, 6.45) is 6.23. The molecule has 14 heteroatoms. The molecule has 3 aliphatic rings. The summed E-state index contributed by atoms with van der Waals surface area (Å²) >= 11 is 6.46. The Balaban J connectivity index is 1.10. The van der Waals surface area contributed by atoms with Gasteiger partial charge in [0.05, 0.1) is 17.8 Å². The van der Waals surface area contributed by atoms with E-state index in [0.717, 1.165) is 36.3 Å². The van der Waals surface area contributed by atoms with Gasteiger partial charge in [-0.3, -0.25) is 9.78 Å². The molecule has 0 unspecified atom stereocenters. The van der Waals surface area contributed by atoms with Crippen molar-refractivity contribution in [1.82, 2.24) is 30.0 Å². The van der Waals surface area contributed by atoms with Crippen LogP contribution in [0.3, 0.4) is 0 Å². The van der Waals surface area contributed by atoms with Crippen LogP contribution in [0.5, 0.6) is 17.5 Å². The maximum absolute atomic E-state index is 14.4. The molecule has 4 heterocycles. The summed E-state index contributed by atoms with van der Waals surface area (Å²) in [5, 5.41) is 8.21. The number of piperidine rings is 1. The second kappa shape index (κ2) is 14.3. The molecule has 3 aromatic rings. The minimum absolute atomic E-state index is 0.0525. The van der Waals surface area contributed by atoms with E-state index in [2.05, 4.69) is 20.2 Å². The lowest BCUT2D eigenvalue weighted by atomic mass is 9.90. The van der Waals surface area contributed by atoms with Gasteiger partial charge < -0.3 is 28.9 Å².